The van der Waals surface area contributed by atoms with E-state index < -0.39 is 11.6 Å². The summed E-state index contributed by atoms with van der Waals surface area (Å²) in [4.78, 5) is 28.2. The molecule has 1 fully saturated rings. The molecular formula is C22H27F2N7OS. The largest absolute Gasteiger partial charge is 0.338 e. The number of urea groups is 1. The number of nitrogens with one attached hydrogen (secondary N) is 2. The van der Waals surface area contributed by atoms with Crippen molar-refractivity contribution in [3.63, 3.8) is 0 Å². The van der Waals surface area contributed by atoms with Crippen LogP contribution in [-0.2, 0) is 0 Å². The van der Waals surface area contributed by atoms with Gasteiger partial charge in [0.25, 0.3) is 0 Å². The number of likely N-dealkylation sites (N-methyl/N-ethyl adjacent to an activating group) is 1. The van der Waals surface area contributed by atoms with Crippen molar-refractivity contribution < 1.29 is 13.6 Å². The van der Waals surface area contributed by atoms with Gasteiger partial charge in [0.05, 0.1) is 0 Å². The number of amides is 2. The molecule has 0 spiro atoms. The Balaban J connectivity index is 1.30. The van der Waals surface area contributed by atoms with Crippen LogP contribution in [0.1, 0.15) is 6.42 Å². The van der Waals surface area contributed by atoms with Crippen molar-refractivity contribution in [1.82, 2.24) is 25.1 Å². The fraction of sp³-hybridized carbons (Fsp3) is 0.409. The number of carbonyl (C=O) groups excluding carboxylic acids is 1. The summed E-state index contributed by atoms with van der Waals surface area (Å²) >= 11 is 1.25. The summed E-state index contributed by atoms with van der Waals surface area (Å²) < 4.78 is 26.8. The van der Waals surface area contributed by atoms with Crippen LogP contribution in [0.3, 0.4) is 0 Å². The predicted octanol–water partition coefficient (Wildman–Crippen LogP) is 3.50. The van der Waals surface area contributed by atoms with Crippen molar-refractivity contribution in [2.45, 2.75) is 6.42 Å². The number of rotatable bonds is 7. The predicted molar refractivity (Wildman–Crippen MR) is 127 cm³/mol. The highest BCUT2D eigenvalue weighted by Crippen LogP contribution is 2.29. The highest BCUT2D eigenvalue weighted by Gasteiger charge is 2.14. The van der Waals surface area contributed by atoms with Gasteiger partial charge in [0.1, 0.15) is 16.2 Å². The maximum Gasteiger partial charge on any atom is 0.321 e. The van der Waals surface area contributed by atoms with Crippen LogP contribution in [0.4, 0.5) is 30.2 Å². The van der Waals surface area contributed by atoms with Crippen molar-refractivity contribution in [2.75, 3.05) is 63.6 Å². The fourth-order valence-electron chi connectivity index (χ4n) is 3.59. The molecule has 1 aliphatic rings. The lowest BCUT2D eigenvalue weighted by molar-refractivity contribution is 0.153. The summed E-state index contributed by atoms with van der Waals surface area (Å²) in [7, 11) is 3.85. The number of anilines is 3. The third kappa shape index (κ3) is 5.92. The molecule has 2 N–H and O–H groups in total. The van der Waals surface area contributed by atoms with E-state index in [1.165, 1.54) is 17.4 Å². The maximum absolute atomic E-state index is 13.6. The lowest BCUT2D eigenvalue weighted by Crippen LogP contribution is -2.45. The first kappa shape index (κ1) is 23.3. The molecule has 0 radical (unpaired) electrons. The Labute approximate surface area is 195 Å². The van der Waals surface area contributed by atoms with Crippen LogP contribution < -0.4 is 15.5 Å². The zero-order chi connectivity index (χ0) is 23.4. The van der Waals surface area contributed by atoms with E-state index in [1.54, 1.807) is 24.1 Å². The highest BCUT2D eigenvalue weighted by molar-refractivity contribution is 7.22. The molecular weight excluding hydrogens is 448 g/mol. The molecule has 0 unspecified atom stereocenters. The Kier molecular flexibility index (Phi) is 7.31. The number of carbonyl (C=O) groups is 1. The molecule has 3 aromatic rings. The molecule has 4 rings (SSSR count). The first-order valence-corrected chi connectivity index (χ1v) is 11.6. The van der Waals surface area contributed by atoms with Gasteiger partial charge in [-0.05, 0) is 44.3 Å². The quantitative estimate of drug-likeness (QED) is 0.510. The van der Waals surface area contributed by atoms with E-state index in [-0.39, 0.29) is 6.03 Å². The Morgan fingerprint density at radius 3 is 2.67 bits per heavy atom. The molecule has 0 saturated carbocycles. The Hall–Kier alpha value is -2.89. The van der Waals surface area contributed by atoms with Gasteiger partial charge in [0.15, 0.2) is 16.8 Å². The number of aromatic nitrogens is 2. The molecule has 176 valence electrons. The van der Waals surface area contributed by atoms with Gasteiger partial charge >= 0.3 is 6.03 Å². The van der Waals surface area contributed by atoms with Crippen LogP contribution in [0.2, 0.25) is 0 Å². The Morgan fingerprint density at radius 2 is 1.91 bits per heavy atom. The number of fused-ring (bicyclic) bond motifs is 1. The number of thiazole rings is 1. The molecule has 1 aromatic carbocycles. The van der Waals surface area contributed by atoms with Gasteiger partial charge in [0.2, 0.25) is 0 Å². The second kappa shape index (κ2) is 10.4. The number of pyridine rings is 1. The number of halogens is 2. The standard InChI is InChI=1S/C22H27F2N7OS/c1-29-10-12-31(13-11-29)9-3-8-25-21(32)28-22-26-18-6-7-19(27-20(18)33-22)30(2)15-4-5-16(23)17(24)14-15/h4-7,14H,3,8-13H2,1-2H3,(H2,25,26,28,32). The van der Waals surface area contributed by atoms with Crippen molar-refractivity contribution in [2.24, 2.45) is 0 Å². The summed E-state index contributed by atoms with van der Waals surface area (Å²) in [5, 5.41) is 6.08. The molecule has 2 amide bonds. The fourth-order valence-corrected chi connectivity index (χ4v) is 4.42. The third-order valence-electron chi connectivity index (χ3n) is 5.63. The SMILES string of the molecule is CN1CCN(CCCNC(=O)Nc2nc3ccc(N(C)c4ccc(F)c(F)c4)nc3s2)CC1. The second-order valence-corrected chi connectivity index (χ2v) is 9.03. The lowest BCUT2D eigenvalue weighted by Gasteiger charge is -2.32. The van der Waals surface area contributed by atoms with Crippen molar-refractivity contribution in [1.29, 1.82) is 0 Å². The molecule has 11 heteroatoms. The minimum absolute atomic E-state index is 0.299. The van der Waals surface area contributed by atoms with Gasteiger partial charge in [-0.2, -0.15) is 0 Å². The first-order chi connectivity index (χ1) is 15.9. The van der Waals surface area contributed by atoms with E-state index in [1.807, 2.05) is 0 Å². The number of nitrogens with zero attached hydrogens (tertiary/aromatic N) is 5. The molecule has 3 heterocycles. The van der Waals surface area contributed by atoms with Gasteiger partial charge < -0.3 is 20.0 Å². The summed E-state index contributed by atoms with van der Waals surface area (Å²) in [6.45, 7) is 5.84. The topological polar surface area (TPSA) is 76.6 Å². The normalized spacial score (nSPS) is 15.0. The Bertz CT molecular complexity index is 1120. The Morgan fingerprint density at radius 1 is 1.12 bits per heavy atom. The van der Waals surface area contributed by atoms with E-state index in [4.69, 9.17) is 0 Å². The second-order valence-electron chi connectivity index (χ2n) is 8.05. The average molecular weight is 476 g/mol. The minimum Gasteiger partial charge on any atom is -0.338 e. The summed E-state index contributed by atoms with van der Waals surface area (Å²) in [5.74, 6) is -1.26. The number of piperazine rings is 1. The van der Waals surface area contributed by atoms with Gasteiger partial charge in [-0.25, -0.2) is 23.5 Å². The highest BCUT2D eigenvalue weighted by atomic mass is 32.1. The van der Waals surface area contributed by atoms with Gasteiger partial charge in [0, 0.05) is 51.5 Å². The molecule has 1 aliphatic heterocycles. The van der Waals surface area contributed by atoms with Crippen LogP contribution in [0.25, 0.3) is 10.3 Å². The van der Waals surface area contributed by atoms with Crippen LogP contribution in [0.5, 0.6) is 0 Å². The first-order valence-electron chi connectivity index (χ1n) is 10.8. The van der Waals surface area contributed by atoms with Crippen molar-refractivity contribution >= 4 is 44.4 Å². The zero-order valence-electron chi connectivity index (χ0n) is 18.6. The molecule has 8 nitrogen and oxygen atoms in total. The van der Waals surface area contributed by atoms with Gasteiger partial charge in [-0.3, -0.25) is 5.32 Å². The molecule has 1 saturated heterocycles. The zero-order valence-corrected chi connectivity index (χ0v) is 19.5. The number of benzene rings is 1. The third-order valence-corrected chi connectivity index (χ3v) is 6.51. The van der Waals surface area contributed by atoms with Gasteiger partial charge in [-0.15, -0.1) is 0 Å². The average Bonchev–Trinajstić information content (AvgIpc) is 3.20. The van der Waals surface area contributed by atoms with E-state index in [9.17, 15) is 13.6 Å². The van der Waals surface area contributed by atoms with E-state index in [2.05, 4.69) is 37.4 Å². The minimum atomic E-state index is -0.917. The molecule has 33 heavy (non-hydrogen) atoms. The van der Waals surface area contributed by atoms with Gasteiger partial charge in [-0.1, -0.05) is 11.3 Å². The summed E-state index contributed by atoms with van der Waals surface area (Å²) in [6.07, 6.45) is 0.887. The number of hydrogen-bond acceptors (Lipinski definition) is 7. The molecule has 0 atom stereocenters. The maximum atomic E-state index is 13.6. The van der Waals surface area contributed by atoms with Crippen LogP contribution >= 0.6 is 11.3 Å². The van der Waals surface area contributed by atoms with Crippen LogP contribution in [-0.4, -0.2) is 79.2 Å². The van der Waals surface area contributed by atoms with E-state index >= 15 is 0 Å². The summed E-state index contributed by atoms with van der Waals surface area (Å²) in [5.41, 5.74) is 1.12. The van der Waals surface area contributed by atoms with Crippen molar-refractivity contribution in [3.05, 3.63) is 42.0 Å². The monoisotopic (exact) mass is 475 g/mol. The molecule has 0 bridgehead atoms. The summed E-state index contributed by atoms with van der Waals surface area (Å²) in [6, 6.07) is 6.91. The molecule has 2 aromatic heterocycles. The van der Waals surface area contributed by atoms with E-state index in [0.717, 1.165) is 51.3 Å². The molecule has 0 aliphatic carbocycles. The van der Waals surface area contributed by atoms with Crippen LogP contribution in [0, 0.1) is 11.6 Å². The lowest BCUT2D eigenvalue weighted by atomic mass is 10.2. The van der Waals surface area contributed by atoms with Crippen LogP contribution in [0.15, 0.2) is 30.3 Å². The van der Waals surface area contributed by atoms with E-state index in [0.29, 0.717) is 33.5 Å². The smallest absolute Gasteiger partial charge is 0.321 e. The number of hydrogen-bond donors (Lipinski definition) is 2. The van der Waals surface area contributed by atoms with Crippen molar-refractivity contribution in [3.8, 4) is 0 Å².